The Morgan fingerprint density at radius 1 is 1.12 bits per heavy atom. The first-order chi connectivity index (χ1) is 8.15. The summed E-state index contributed by atoms with van der Waals surface area (Å²) in [6, 6.07) is 7.60. The zero-order chi connectivity index (χ0) is 12.3. The summed E-state index contributed by atoms with van der Waals surface area (Å²) in [6.07, 6.45) is 3.42. The van der Waals surface area contributed by atoms with E-state index in [-0.39, 0.29) is 5.91 Å². The third-order valence-corrected chi connectivity index (χ3v) is 2.29. The van der Waals surface area contributed by atoms with Gasteiger partial charge in [0.05, 0.1) is 17.6 Å². The summed E-state index contributed by atoms with van der Waals surface area (Å²) in [6.45, 7) is 3.41. The molecule has 0 atom stereocenters. The molecule has 0 aromatic carbocycles. The van der Waals surface area contributed by atoms with Crippen molar-refractivity contribution < 1.29 is 4.79 Å². The van der Waals surface area contributed by atoms with E-state index in [1.165, 1.54) is 6.92 Å². The molecule has 0 aliphatic carbocycles. The van der Waals surface area contributed by atoms with Gasteiger partial charge in [0.2, 0.25) is 5.91 Å². The van der Waals surface area contributed by atoms with Gasteiger partial charge in [0.25, 0.3) is 0 Å². The average molecular weight is 227 g/mol. The molecule has 2 aromatic heterocycles. The van der Waals surface area contributed by atoms with Crippen LogP contribution >= 0.6 is 0 Å². The number of pyridine rings is 2. The zero-order valence-electron chi connectivity index (χ0n) is 9.77. The SMILES string of the molecule is CC(=O)Nc1ccc(-c2ccc(C)nc2)nc1. The molecule has 0 aliphatic heterocycles. The number of amides is 1. The van der Waals surface area contributed by atoms with Crippen LogP contribution in [0.1, 0.15) is 12.6 Å². The van der Waals surface area contributed by atoms with Crippen molar-refractivity contribution in [1.29, 1.82) is 0 Å². The number of carbonyl (C=O) groups excluding carboxylic acids is 1. The molecule has 17 heavy (non-hydrogen) atoms. The largest absolute Gasteiger partial charge is 0.325 e. The van der Waals surface area contributed by atoms with E-state index >= 15 is 0 Å². The van der Waals surface area contributed by atoms with E-state index in [1.54, 1.807) is 12.4 Å². The molecule has 0 saturated carbocycles. The smallest absolute Gasteiger partial charge is 0.221 e. The molecular formula is C13H13N3O. The van der Waals surface area contributed by atoms with Gasteiger partial charge >= 0.3 is 0 Å². The van der Waals surface area contributed by atoms with Gasteiger partial charge in [-0.2, -0.15) is 0 Å². The van der Waals surface area contributed by atoms with Gasteiger partial charge in [-0.3, -0.25) is 14.8 Å². The van der Waals surface area contributed by atoms with Crippen LogP contribution < -0.4 is 5.32 Å². The van der Waals surface area contributed by atoms with E-state index in [1.807, 2.05) is 31.2 Å². The number of nitrogens with one attached hydrogen (secondary N) is 1. The van der Waals surface area contributed by atoms with Gasteiger partial charge in [0.1, 0.15) is 0 Å². The molecule has 2 rings (SSSR count). The molecule has 4 nitrogen and oxygen atoms in total. The molecule has 0 spiro atoms. The van der Waals surface area contributed by atoms with Gasteiger partial charge in [0.15, 0.2) is 0 Å². The first-order valence-electron chi connectivity index (χ1n) is 5.32. The quantitative estimate of drug-likeness (QED) is 0.857. The minimum atomic E-state index is -0.100. The Morgan fingerprint density at radius 3 is 2.47 bits per heavy atom. The lowest BCUT2D eigenvalue weighted by Gasteiger charge is -2.04. The van der Waals surface area contributed by atoms with Crippen LogP contribution in [0.2, 0.25) is 0 Å². The zero-order valence-corrected chi connectivity index (χ0v) is 9.77. The molecule has 1 N–H and O–H groups in total. The molecule has 2 aromatic rings. The van der Waals surface area contributed by atoms with E-state index in [0.29, 0.717) is 5.69 Å². The fraction of sp³-hybridized carbons (Fsp3) is 0.154. The van der Waals surface area contributed by atoms with E-state index in [2.05, 4.69) is 15.3 Å². The standard InChI is InChI=1S/C13H13N3O/c1-9-3-4-11(7-14-9)13-6-5-12(8-15-13)16-10(2)17/h3-8H,1-2H3,(H,16,17). The molecule has 0 unspecified atom stereocenters. The van der Waals surface area contributed by atoms with Gasteiger partial charge < -0.3 is 5.32 Å². The van der Waals surface area contributed by atoms with Crippen molar-refractivity contribution in [3.63, 3.8) is 0 Å². The van der Waals surface area contributed by atoms with Gasteiger partial charge in [-0.05, 0) is 31.2 Å². The number of hydrogen-bond acceptors (Lipinski definition) is 3. The van der Waals surface area contributed by atoms with E-state index in [4.69, 9.17) is 0 Å². The molecule has 0 radical (unpaired) electrons. The van der Waals surface area contributed by atoms with E-state index < -0.39 is 0 Å². The number of nitrogens with zero attached hydrogens (tertiary/aromatic N) is 2. The Morgan fingerprint density at radius 2 is 1.94 bits per heavy atom. The van der Waals surface area contributed by atoms with E-state index in [0.717, 1.165) is 17.0 Å². The highest BCUT2D eigenvalue weighted by atomic mass is 16.1. The molecule has 0 bridgehead atoms. The number of carbonyl (C=O) groups is 1. The van der Waals surface area contributed by atoms with Crippen LogP contribution in [-0.4, -0.2) is 15.9 Å². The van der Waals surface area contributed by atoms with Crippen LogP contribution in [0.25, 0.3) is 11.3 Å². The topological polar surface area (TPSA) is 54.9 Å². The Hall–Kier alpha value is -2.23. The first kappa shape index (κ1) is 11.3. The lowest BCUT2D eigenvalue weighted by atomic mass is 10.2. The second kappa shape index (κ2) is 4.74. The van der Waals surface area contributed by atoms with Crippen LogP contribution in [0.4, 0.5) is 5.69 Å². The Kier molecular flexibility index (Phi) is 3.14. The van der Waals surface area contributed by atoms with Crippen LogP contribution in [0, 0.1) is 6.92 Å². The summed E-state index contributed by atoms with van der Waals surface area (Å²) in [5, 5.41) is 2.68. The van der Waals surface area contributed by atoms with Gasteiger partial charge in [0, 0.05) is 24.4 Å². The number of aromatic nitrogens is 2. The monoisotopic (exact) mass is 227 g/mol. The molecule has 0 saturated heterocycles. The third kappa shape index (κ3) is 2.87. The highest BCUT2D eigenvalue weighted by Gasteiger charge is 2.00. The summed E-state index contributed by atoms with van der Waals surface area (Å²) in [4.78, 5) is 19.4. The van der Waals surface area contributed by atoms with Crippen molar-refractivity contribution in [3.8, 4) is 11.3 Å². The molecule has 1 amide bonds. The fourth-order valence-corrected chi connectivity index (χ4v) is 1.46. The Balaban J connectivity index is 2.23. The maximum atomic E-state index is 10.9. The maximum absolute atomic E-state index is 10.9. The van der Waals surface area contributed by atoms with Crippen molar-refractivity contribution in [2.45, 2.75) is 13.8 Å². The van der Waals surface area contributed by atoms with Crippen molar-refractivity contribution in [2.75, 3.05) is 5.32 Å². The number of rotatable bonds is 2. The van der Waals surface area contributed by atoms with Crippen molar-refractivity contribution in [2.24, 2.45) is 0 Å². The number of anilines is 1. The van der Waals surface area contributed by atoms with Crippen LogP contribution in [0.3, 0.4) is 0 Å². The predicted molar refractivity (Wildman–Crippen MR) is 66.5 cm³/mol. The molecule has 2 heterocycles. The van der Waals surface area contributed by atoms with Gasteiger partial charge in [-0.15, -0.1) is 0 Å². The van der Waals surface area contributed by atoms with Crippen molar-refractivity contribution in [3.05, 3.63) is 42.4 Å². The number of aryl methyl sites for hydroxylation is 1. The summed E-state index contributed by atoms with van der Waals surface area (Å²) >= 11 is 0. The Bertz CT molecular complexity index is 517. The predicted octanol–water partition coefficient (Wildman–Crippen LogP) is 2.41. The lowest BCUT2D eigenvalue weighted by molar-refractivity contribution is -0.114. The van der Waals surface area contributed by atoms with Crippen LogP contribution in [-0.2, 0) is 4.79 Å². The second-order valence-electron chi connectivity index (χ2n) is 3.80. The Labute approximate surface area is 99.7 Å². The first-order valence-corrected chi connectivity index (χ1v) is 5.32. The minimum absolute atomic E-state index is 0.100. The minimum Gasteiger partial charge on any atom is -0.325 e. The average Bonchev–Trinajstić information content (AvgIpc) is 2.30. The fourth-order valence-electron chi connectivity index (χ4n) is 1.46. The molecular weight excluding hydrogens is 214 g/mol. The molecule has 4 heteroatoms. The maximum Gasteiger partial charge on any atom is 0.221 e. The van der Waals surface area contributed by atoms with Crippen molar-refractivity contribution >= 4 is 11.6 Å². The summed E-state index contributed by atoms with van der Waals surface area (Å²) in [7, 11) is 0. The third-order valence-electron chi connectivity index (χ3n) is 2.29. The van der Waals surface area contributed by atoms with Gasteiger partial charge in [-0.25, -0.2) is 0 Å². The highest BCUT2D eigenvalue weighted by Crippen LogP contribution is 2.17. The number of hydrogen-bond donors (Lipinski definition) is 1. The van der Waals surface area contributed by atoms with Crippen LogP contribution in [0.5, 0.6) is 0 Å². The lowest BCUT2D eigenvalue weighted by Crippen LogP contribution is -2.05. The highest BCUT2D eigenvalue weighted by molar-refractivity contribution is 5.88. The summed E-state index contributed by atoms with van der Waals surface area (Å²) < 4.78 is 0. The molecule has 0 aliphatic rings. The normalized spacial score (nSPS) is 10.0. The summed E-state index contributed by atoms with van der Waals surface area (Å²) in [5.74, 6) is -0.100. The molecule has 0 fully saturated rings. The van der Waals surface area contributed by atoms with Crippen molar-refractivity contribution in [1.82, 2.24) is 9.97 Å². The molecule has 86 valence electrons. The van der Waals surface area contributed by atoms with Crippen LogP contribution in [0.15, 0.2) is 36.7 Å². The summed E-state index contributed by atoms with van der Waals surface area (Å²) in [5.41, 5.74) is 3.47. The second-order valence-corrected chi connectivity index (χ2v) is 3.80. The van der Waals surface area contributed by atoms with Gasteiger partial charge in [-0.1, -0.05) is 0 Å². The van der Waals surface area contributed by atoms with E-state index in [9.17, 15) is 4.79 Å².